The van der Waals surface area contributed by atoms with Crippen molar-refractivity contribution in [3.05, 3.63) is 18.0 Å². The lowest BCUT2D eigenvalue weighted by Crippen LogP contribution is -2.14. The predicted molar refractivity (Wildman–Crippen MR) is 55.0 cm³/mol. The Balaban J connectivity index is 2.84. The van der Waals surface area contributed by atoms with Gasteiger partial charge in [-0.1, -0.05) is 20.8 Å². The molecule has 0 spiro atoms. The van der Waals surface area contributed by atoms with E-state index in [9.17, 15) is 4.79 Å². The van der Waals surface area contributed by atoms with E-state index in [2.05, 4.69) is 36.1 Å². The lowest BCUT2D eigenvalue weighted by Gasteiger charge is -2.17. The van der Waals surface area contributed by atoms with Crippen molar-refractivity contribution in [1.82, 2.24) is 9.97 Å². The van der Waals surface area contributed by atoms with E-state index in [-0.39, 0.29) is 11.3 Å². The predicted octanol–water partition coefficient (Wildman–Crippen LogP) is 1.73. The van der Waals surface area contributed by atoms with E-state index in [1.54, 1.807) is 12.4 Å². The minimum Gasteiger partial charge on any atom is -0.295 e. The summed E-state index contributed by atoms with van der Waals surface area (Å²) in [6.45, 7) is 7.69. The van der Waals surface area contributed by atoms with E-state index in [1.807, 2.05) is 0 Å². The van der Waals surface area contributed by atoms with E-state index >= 15 is 0 Å². The first kappa shape index (κ1) is 10.6. The van der Waals surface area contributed by atoms with Crippen LogP contribution in [0.2, 0.25) is 0 Å². The van der Waals surface area contributed by atoms with Crippen LogP contribution in [0.4, 0.5) is 5.95 Å². The van der Waals surface area contributed by atoms with Gasteiger partial charge in [-0.05, 0) is 11.0 Å². The molecule has 1 aromatic heterocycles. The van der Waals surface area contributed by atoms with Gasteiger partial charge >= 0.3 is 0 Å². The van der Waals surface area contributed by atoms with Crippen LogP contribution in [-0.4, -0.2) is 15.9 Å². The molecule has 0 aromatic carbocycles. The van der Waals surface area contributed by atoms with Crippen molar-refractivity contribution >= 4 is 11.9 Å². The first-order valence-electron chi connectivity index (χ1n) is 4.50. The Kier molecular flexibility index (Phi) is 2.84. The average molecular weight is 193 g/mol. The Hall–Kier alpha value is -1.45. The molecule has 0 aliphatic carbocycles. The molecule has 0 bridgehead atoms. The lowest BCUT2D eigenvalue weighted by molar-refractivity contribution is -0.114. The molecule has 0 radical (unpaired) electrons. The van der Waals surface area contributed by atoms with Crippen molar-refractivity contribution in [3.8, 4) is 0 Å². The number of rotatable bonds is 1. The van der Waals surface area contributed by atoms with Crippen LogP contribution in [0.1, 0.15) is 33.3 Å². The SMILES string of the molecule is CC(=O)Nc1ncc(C(C)(C)C)cn1. The maximum Gasteiger partial charge on any atom is 0.229 e. The zero-order chi connectivity index (χ0) is 10.8. The van der Waals surface area contributed by atoms with Gasteiger partial charge in [0.1, 0.15) is 0 Å². The number of nitrogens with zero attached hydrogens (tertiary/aromatic N) is 2. The van der Waals surface area contributed by atoms with Crippen LogP contribution in [0.15, 0.2) is 12.4 Å². The fourth-order valence-corrected chi connectivity index (χ4v) is 0.937. The molecule has 1 amide bonds. The molecule has 4 heteroatoms. The second kappa shape index (κ2) is 3.74. The molecule has 0 fully saturated rings. The Morgan fingerprint density at radius 2 is 1.79 bits per heavy atom. The zero-order valence-electron chi connectivity index (χ0n) is 8.96. The van der Waals surface area contributed by atoms with Crippen molar-refractivity contribution in [2.24, 2.45) is 0 Å². The summed E-state index contributed by atoms with van der Waals surface area (Å²) in [5, 5.41) is 2.52. The summed E-state index contributed by atoms with van der Waals surface area (Å²) >= 11 is 0. The minimum absolute atomic E-state index is 0.0365. The van der Waals surface area contributed by atoms with Crippen molar-refractivity contribution in [3.63, 3.8) is 0 Å². The number of nitrogens with one attached hydrogen (secondary N) is 1. The van der Waals surface area contributed by atoms with E-state index < -0.39 is 0 Å². The number of anilines is 1. The van der Waals surface area contributed by atoms with E-state index in [0.717, 1.165) is 5.56 Å². The molecule has 1 N–H and O–H groups in total. The molecule has 1 heterocycles. The van der Waals surface area contributed by atoms with Crippen LogP contribution in [-0.2, 0) is 10.2 Å². The molecule has 0 saturated carbocycles. The number of hydrogen-bond donors (Lipinski definition) is 1. The largest absolute Gasteiger partial charge is 0.295 e. The van der Waals surface area contributed by atoms with Crippen LogP contribution >= 0.6 is 0 Å². The van der Waals surface area contributed by atoms with Crippen molar-refractivity contribution in [2.75, 3.05) is 5.32 Å². The van der Waals surface area contributed by atoms with E-state index in [0.29, 0.717) is 5.95 Å². The molecular formula is C10H15N3O. The summed E-state index contributed by atoms with van der Waals surface area (Å²) in [6.07, 6.45) is 3.47. The molecule has 0 unspecified atom stereocenters. The first-order chi connectivity index (χ1) is 6.39. The Morgan fingerprint density at radius 1 is 1.29 bits per heavy atom. The van der Waals surface area contributed by atoms with Gasteiger partial charge in [-0.3, -0.25) is 10.1 Å². The fourth-order valence-electron chi connectivity index (χ4n) is 0.937. The molecule has 76 valence electrons. The lowest BCUT2D eigenvalue weighted by atomic mass is 9.89. The normalized spacial score (nSPS) is 11.1. The molecule has 0 saturated heterocycles. The maximum atomic E-state index is 10.7. The summed E-state index contributed by atoms with van der Waals surface area (Å²) in [6, 6.07) is 0. The third kappa shape index (κ3) is 2.80. The fraction of sp³-hybridized carbons (Fsp3) is 0.500. The standard InChI is InChI=1S/C10H15N3O/c1-7(14)13-9-11-5-8(6-12-9)10(2,3)4/h5-6H,1-4H3,(H,11,12,13,14). The molecule has 0 aliphatic rings. The summed E-state index contributed by atoms with van der Waals surface area (Å²) in [5.41, 5.74) is 1.08. The number of amides is 1. The van der Waals surface area contributed by atoms with E-state index in [1.165, 1.54) is 6.92 Å². The molecule has 14 heavy (non-hydrogen) atoms. The van der Waals surface area contributed by atoms with Crippen LogP contribution in [0, 0.1) is 0 Å². The number of carbonyl (C=O) groups excluding carboxylic acids is 1. The van der Waals surface area contributed by atoms with Gasteiger partial charge in [0.25, 0.3) is 0 Å². The van der Waals surface area contributed by atoms with Crippen molar-refractivity contribution < 1.29 is 4.79 Å². The first-order valence-corrected chi connectivity index (χ1v) is 4.50. The molecular weight excluding hydrogens is 178 g/mol. The highest BCUT2D eigenvalue weighted by Gasteiger charge is 2.14. The van der Waals surface area contributed by atoms with Gasteiger partial charge in [0.15, 0.2) is 0 Å². The molecule has 1 aromatic rings. The van der Waals surface area contributed by atoms with Crippen molar-refractivity contribution in [1.29, 1.82) is 0 Å². The Bertz CT molecular complexity index is 324. The minimum atomic E-state index is -0.159. The molecule has 0 aliphatic heterocycles. The number of aromatic nitrogens is 2. The van der Waals surface area contributed by atoms with Crippen LogP contribution < -0.4 is 5.32 Å². The summed E-state index contributed by atoms with van der Waals surface area (Å²) < 4.78 is 0. The van der Waals surface area contributed by atoms with Gasteiger partial charge in [0.05, 0.1) is 0 Å². The monoisotopic (exact) mass is 193 g/mol. The second-order valence-corrected chi connectivity index (χ2v) is 4.23. The van der Waals surface area contributed by atoms with E-state index in [4.69, 9.17) is 0 Å². The summed E-state index contributed by atoms with van der Waals surface area (Å²) in [5.74, 6) is 0.194. The van der Waals surface area contributed by atoms with Crippen molar-refractivity contribution in [2.45, 2.75) is 33.1 Å². The Morgan fingerprint density at radius 3 is 2.14 bits per heavy atom. The Labute approximate surface area is 83.8 Å². The van der Waals surface area contributed by atoms with Gasteiger partial charge in [-0.25, -0.2) is 9.97 Å². The third-order valence-electron chi connectivity index (χ3n) is 1.81. The smallest absolute Gasteiger partial charge is 0.229 e. The summed E-state index contributed by atoms with van der Waals surface area (Å²) in [4.78, 5) is 18.8. The third-order valence-corrected chi connectivity index (χ3v) is 1.81. The highest BCUT2D eigenvalue weighted by molar-refractivity contribution is 5.86. The van der Waals surface area contributed by atoms with Gasteiger partial charge in [0, 0.05) is 19.3 Å². The average Bonchev–Trinajstić information content (AvgIpc) is 2.02. The summed E-state index contributed by atoms with van der Waals surface area (Å²) in [7, 11) is 0. The number of hydrogen-bond acceptors (Lipinski definition) is 3. The van der Waals surface area contributed by atoms with Crippen LogP contribution in [0.5, 0.6) is 0 Å². The molecule has 4 nitrogen and oxygen atoms in total. The highest BCUT2D eigenvalue weighted by Crippen LogP contribution is 2.20. The van der Waals surface area contributed by atoms with Gasteiger partial charge < -0.3 is 0 Å². The number of carbonyl (C=O) groups is 1. The molecule has 0 atom stereocenters. The van der Waals surface area contributed by atoms with Gasteiger partial charge in [-0.15, -0.1) is 0 Å². The van der Waals surface area contributed by atoms with Gasteiger partial charge in [0.2, 0.25) is 11.9 Å². The van der Waals surface area contributed by atoms with Crippen LogP contribution in [0.3, 0.4) is 0 Å². The zero-order valence-corrected chi connectivity index (χ0v) is 8.96. The van der Waals surface area contributed by atoms with Gasteiger partial charge in [-0.2, -0.15) is 0 Å². The quantitative estimate of drug-likeness (QED) is 0.739. The van der Waals surface area contributed by atoms with Crippen LogP contribution in [0.25, 0.3) is 0 Å². The molecule has 1 rings (SSSR count). The highest BCUT2D eigenvalue weighted by atomic mass is 16.1. The topological polar surface area (TPSA) is 54.9 Å². The second-order valence-electron chi connectivity index (χ2n) is 4.23. The maximum absolute atomic E-state index is 10.7.